The van der Waals surface area contributed by atoms with Gasteiger partial charge in [-0.15, -0.1) is 0 Å². The zero-order chi connectivity index (χ0) is 15.4. The molecule has 1 saturated heterocycles. The molecule has 0 aliphatic carbocycles. The third-order valence-electron chi connectivity index (χ3n) is 3.81. The van der Waals surface area contributed by atoms with Crippen molar-refractivity contribution in [2.75, 3.05) is 18.0 Å². The minimum atomic E-state index is -0.0254. The Bertz CT molecular complexity index is 624. The third-order valence-corrected chi connectivity index (χ3v) is 4.28. The van der Waals surface area contributed by atoms with E-state index in [1.807, 2.05) is 18.3 Å². The molecule has 0 aromatic carbocycles. The van der Waals surface area contributed by atoms with Crippen LogP contribution in [0.5, 0.6) is 0 Å². The van der Waals surface area contributed by atoms with Crippen LogP contribution in [0.25, 0.3) is 0 Å². The highest BCUT2D eigenvalue weighted by molar-refractivity contribution is 9.10. The van der Waals surface area contributed by atoms with Crippen LogP contribution in [0.3, 0.4) is 0 Å². The van der Waals surface area contributed by atoms with Crippen molar-refractivity contribution in [1.29, 1.82) is 0 Å². The maximum absolute atomic E-state index is 12.1. The third kappa shape index (κ3) is 3.62. The average molecular weight is 361 g/mol. The van der Waals surface area contributed by atoms with Crippen LogP contribution in [0, 0.1) is 0 Å². The van der Waals surface area contributed by atoms with Crippen molar-refractivity contribution in [2.45, 2.75) is 18.9 Å². The van der Waals surface area contributed by atoms with Gasteiger partial charge in [-0.1, -0.05) is 0 Å². The molecular weight excluding hydrogens is 344 g/mol. The Morgan fingerprint density at radius 1 is 1.18 bits per heavy atom. The summed E-state index contributed by atoms with van der Waals surface area (Å²) in [4.78, 5) is 22.7. The summed E-state index contributed by atoms with van der Waals surface area (Å²) in [5.74, 6) is 0.963. The average Bonchev–Trinajstić information content (AvgIpc) is 2.57. The van der Waals surface area contributed by atoms with Crippen LogP contribution in [0.2, 0.25) is 0 Å². The zero-order valence-corrected chi connectivity index (χ0v) is 13.7. The Balaban J connectivity index is 1.53. The summed E-state index contributed by atoms with van der Waals surface area (Å²) >= 11 is 3.40. The summed E-state index contributed by atoms with van der Waals surface area (Å²) in [6.07, 6.45) is 6.93. The van der Waals surface area contributed by atoms with E-state index in [-0.39, 0.29) is 11.9 Å². The number of amides is 1. The summed E-state index contributed by atoms with van der Waals surface area (Å²) in [5.41, 5.74) is 0.659. The number of aromatic nitrogens is 2. The van der Waals surface area contributed by atoms with Crippen LogP contribution in [-0.2, 0) is 0 Å². The molecule has 1 fully saturated rings. The fourth-order valence-electron chi connectivity index (χ4n) is 2.58. The fraction of sp³-hybridized carbons (Fsp3) is 0.312. The Morgan fingerprint density at radius 3 is 2.55 bits per heavy atom. The second-order valence-corrected chi connectivity index (χ2v) is 6.22. The lowest BCUT2D eigenvalue weighted by Gasteiger charge is -2.33. The van der Waals surface area contributed by atoms with Crippen molar-refractivity contribution in [3.63, 3.8) is 0 Å². The van der Waals surface area contributed by atoms with E-state index in [1.165, 1.54) is 0 Å². The highest BCUT2D eigenvalue weighted by Crippen LogP contribution is 2.19. The maximum Gasteiger partial charge on any atom is 0.251 e. The Kier molecular flexibility index (Phi) is 4.68. The van der Waals surface area contributed by atoms with E-state index in [1.54, 1.807) is 24.5 Å². The lowest BCUT2D eigenvalue weighted by Crippen LogP contribution is -2.44. The first-order chi connectivity index (χ1) is 10.7. The van der Waals surface area contributed by atoms with Gasteiger partial charge in [0.15, 0.2) is 0 Å². The standard InChI is InChI=1S/C16H17BrN4O/c17-13-1-2-15(19-11-13)21-9-5-14(6-10-21)20-16(22)12-3-7-18-8-4-12/h1-4,7-8,11,14H,5-6,9-10H2,(H,20,22). The quantitative estimate of drug-likeness (QED) is 0.913. The van der Waals surface area contributed by atoms with Crippen molar-refractivity contribution >= 4 is 27.7 Å². The number of anilines is 1. The van der Waals surface area contributed by atoms with Gasteiger partial charge in [-0.05, 0) is 53.0 Å². The summed E-state index contributed by atoms with van der Waals surface area (Å²) in [7, 11) is 0. The van der Waals surface area contributed by atoms with Gasteiger partial charge in [0.1, 0.15) is 5.82 Å². The number of hydrogen-bond donors (Lipinski definition) is 1. The van der Waals surface area contributed by atoms with E-state index in [4.69, 9.17) is 0 Å². The monoisotopic (exact) mass is 360 g/mol. The molecule has 3 rings (SSSR count). The predicted molar refractivity (Wildman–Crippen MR) is 88.9 cm³/mol. The molecule has 2 aromatic rings. The van der Waals surface area contributed by atoms with Gasteiger partial charge in [-0.25, -0.2) is 4.98 Å². The van der Waals surface area contributed by atoms with E-state index in [9.17, 15) is 4.79 Å². The molecule has 114 valence electrons. The van der Waals surface area contributed by atoms with Gasteiger partial charge in [0, 0.05) is 47.8 Å². The van der Waals surface area contributed by atoms with Crippen LogP contribution in [0.4, 0.5) is 5.82 Å². The van der Waals surface area contributed by atoms with Gasteiger partial charge >= 0.3 is 0 Å². The van der Waals surface area contributed by atoms with Crippen LogP contribution in [0.15, 0.2) is 47.3 Å². The Hall–Kier alpha value is -1.95. The SMILES string of the molecule is O=C(NC1CCN(c2ccc(Br)cn2)CC1)c1ccncc1. The second-order valence-electron chi connectivity index (χ2n) is 5.31. The number of pyridine rings is 2. The van der Waals surface area contributed by atoms with E-state index in [2.05, 4.69) is 36.1 Å². The van der Waals surface area contributed by atoms with Gasteiger partial charge < -0.3 is 10.2 Å². The fourth-order valence-corrected chi connectivity index (χ4v) is 2.81. The topological polar surface area (TPSA) is 58.1 Å². The number of halogens is 1. The molecule has 2 aromatic heterocycles. The summed E-state index contributed by atoms with van der Waals surface area (Å²) in [6.45, 7) is 1.80. The van der Waals surface area contributed by atoms with E-state index in [0.29, 0.717) is 5.56 Å². The van der Waals surface area contributed by atoms with Gasteiger partial charge in [0.25, 0.3) is 5.91 Å². The molecule has 6 heteroatoms. The first kappa shape index (κ1) is 15.0. The van der Waals surface area contributed by atoms with Crippen molar-refractivity contribution in [2.24, 2.45) is 0 Å². The number of hydrogen-bond acceptors (Lipinski definition) is 4. The van der Waals surface area contributed by atoms with Crippen LogP contribution < -0.4 is 10.2 Å². The molecule has 1 aliphatic heterocycles. The normalized spacial score (nSPS) is 15.6. The van der Waals surface area contributed by atoms with Crippen LogP contribution >= 0.6 is 15.9 Å². The summed E-state index contributed by atoms with van der Waals surface area (Å²) < 4.78 is 0.982. The molecule has 0 unspecified atom stereocenters. The van der Waals surface area contributed by atoms with Crippen molar-refractivity contribution < 1.29 is 4.79 Å². The maximum atomic E-state index is 12.1. The number of nitrogens with zero attached hydrogens (tertiary/aromatic N) is 3. The molecule has 3 heterocycles. The minimum Gasteiger partial charge on any atom is -0.356 e. The predicted octanol–water partition coefficient (Wildman–Crippen LogP) is 2.64. The van der Waals surface area contributed by atoms with Gasteiger partial charge in [-0.2, -0.15) is 0 Å². The number of piperidine rings is 1. The molecule has 0 spiro atoms. The highest BCUT2D eigenvalue weighted by atomic mass is 79.9. The van der Waals surface area contributed by atoms with E-state index < -0.39 is 0 Å². The molecule has 1 N–H and O–H groups in total. The molecular formula is C16H17BrN4O. The van der Waals surface area contributed by atoms with Gasteiger partial charge in [0.2, 0.25) is 0 Å². The van der Waals surface area contributed by atoms with Crippen molar-refractivity contribution in [3.8, 4) is 0 Å². The molecule has 22 heavy (non-hydrogen) atoms. The molecule has 1 aliphatic rings. The largest absolute Gasteiger partial charge is 0.356 e. The van der Waals surface area contributed by atoms with Gasteiger partial charge in [0.05, 0.1) is 0 Å². The van der Waals surface area contributed by atoms with Crippen LogP contribution in [0.1, 0.15) is 23.2 Å². The first-order valence-corrected chi connectivity index (χ1v) is 8.09. The molecule has 0 atom stereocenters. The summed E-state index contributed by atoms with van der Waals surface area (Å²) in [6, 6.07) is 7.69. The van der Waals surface area contributed by atoms with E-state index in [0.717, 1.165) is 36.2 Å². The number of rotatable bonds is 3. The molecule has 0 saturated carbocycles. The number of carbonyl (C=O) groups excluding carboxylic acids is 1. The van der Waals surface area contributed by atoms with Gasteiger partial charge in [-0.3, -0.25) is 9.78 Å². The summed E-state index contributed by atoms with van der Waals surface area (Å²) in [5, 5.41) is 3.09. The molecule has 1 amide bonds. The number of nitrogens with one attached hydrogen (secondary N) is 1. The molecule has 0 bridgehead atoms. The lowest BCUT2D eigenvalue weighted by atomic mass is 10.0. The zero-order valence-electron chi connectivity index (χ0n) is 12.1. The first-order valence-electron chi connectivity index (χ1n) is 7.30. The van der Waals surface area contributed by atoms with Crippen molar-refractivity contribution in [3.05, 3.63) is 52.9 Å². The number of carbonyl (C=O) groups is 1. The molecule has 0 radical (unpaired) electrons. The highest BCUT2D eigenvalue weighted by Gasteiger charge is 2.21. The molecule has 5 nitrogen and oxygen atoms in total. The minimum absolute atomic E-state index is 0.0254. The second kappa shape index (κ2) is 6.87. The Morgan fingerprint density at radius 2 is 1.91 bits per heavy atom. The van der Waals surface area contributed by atoms with Crippen molar-refractivity contribution in [1.82, 2.24) is 15.3 Å². The van der Waals surface area contributed by atoms with Crippen LogP contribution in [-0.4, -0.2) is 35.0 Å². The Labute approximate surface area is 137 Å². The van der Waals surface area contributed by atoms with E-state index >= 15 is 0 Å². The smallest absolute Gasteiger partial charge is 0.251 e. The lowest BCUT2D eigenvalue weighted by molar-refractivity contribution is 0.0931.